The van der Waals surface area contributed by atoms with E-state index < -0.39 is 0 Å². The van der Waals surface area contributed by atoms with Crippen LogP contribution in [0.25, 0.3) is 11.4 Å². The molecule has 15 heavy (non-hydrogen) atoms. The summed E-state index contributed by atoms with van der Waals surface area (Å²) in [5.41, 5.74) is 7.76. The molecule has 0 aliphatic heterocycles. The van der Waals surface area contributed by atoms with Crippen LogP contribution in [0, 0.1) is 0 Å². The van der Waals surface area contributed by atoms with Crippen molar-refractivity contribution in [3.05, 3.63) is 29.5 Å². The van der Waals surface area contributed by atoms with Crippen molar-refractivity contribution in [2.45, 2.75) is 13.5 Å². The summed E-state index contributed by atoms with van der Waals surface area (Å²) in [7, 11) is 0. The van der Waals surface area contributed by atoms with Crippen LogP contribution in [0.15, 0.2) is 24.4 Å². The minimum absolute atomic E-state index is 0.385. The maximum atomic E-state index is 5.82. The lowest BCUT2D eigenvalue weighted by molar-refractivity contribution is 0.661. The van der Waals surface area contributed by atoms with E-state index in [9.17, 15) is 0 Å². The van der Waals surface area contributed by atoms with Crippen LogP contribution in [-0.4, -0.2) is 14.8 Å². The number of rotatable bonds is 2. The summed E-state index contributed by atoms with van der Waals surface area (Å²) in [5, 5.41) is 4.71. The Morgan fingerprint density at radius 3 is 2.80 bits per heavy atom. The van der Waals surface area contributed by atoms with E-state index in [-0.39, 0.29) is 0 Å². The number of hydrogen-bond donors (Lipinski definition) is 1. The van der Waals surface area contributed by atoms with Crippen LogP contribution in [0.5, 0.6) is 0 Å². The molecule has 2 heterocycles. The summed E-state index contributed by atoms with van der Waals surface area (Å²) in [6.07, 6.45) is 1.90. The molecule has 78 valence electrons. The van der Waals surface area contributed by atoms with Crippen LogP contribution in [0.2, 0.25) is 5.15 Å². The number of aryl methyl sites for hydroxylation is 1. The second kappa shape index (κ2) is 3.90. The van der Waals surface area contributed by atoms with Gasteiger partial charge in [-0.2, -0.15) is 5.10 Å². The smallest absolute Gasteiger partial charge is 0.131 e. The molecule has 2 aromatic heterocycles. The largest absolute Gasteiger partial charge is 0.399 e. The molecule has 0 bridgehead atoms. The van der Waals surface area contributed by atoms with Gasteiger partial charge in [0.05, 0.1) is 5.69 Å². The molecule has 0 unspecified atom stereocenters. The van der Waals surface area contributed by atoms with Gasteiger partial charge in [-0.1, -0.05) is 11.6 Å². The van der Waals surface area contributed by atoms with Gasteiger partial charge in [0.15, 0.2) is 0 Å². The first kappa shape index (κ1) is 9.98. The van der Waals surface area contributed by atoms with Crippen LogP contribution in [0.4, 0.5) is 5.69 Å². The molecule has 0 fully saturated rings. The zero-order chi connectivity index (χ0) is 10.8. The summed E-state index contributed by atoms with van der Waals surface area (Å²) in [5.74, 6) is 0. The molecule has 2 aromatic rings. The molecule has 0 spiro atoms. The van der Waals surface area contributed by atoms with Gasteiger partial charge >= 0.3 is 0 Å². The van der Waals surface area contributed by atoms with E-state index in [0.29, 0.717) is 16.5 Å². The number of nitrogens with two attached hydrogens (primary N) is 1. The molecular formula is C10H11ClN4. The van der Waals surface area contributed by atoms with Gasteiger partial charge in [0.1, 0.15) is 10.8 Å². The first-order valence-corrected chi connectivity index (χ1v) is 5.03. The topological polar surface area (TPSA) is 56.7 Å². The van der Waals surface area contributed by atoms with Crippen molar-refractivity contribution in [3.8, 4) is 11.4 Å². The average molecular weight is 223 g/mol. The van der Waals surface area contributed by atoms with E-state index in [2.05, 4.69) is 10.1 Å². The van der Waals surface area contributed by atoms with E-state index >= 15 is 0 Å². The maximum absolute atomic E-state index is 5.82. The van der Waals surface area contributed by atoms with Gasteiger partial charge < -0.3 is 5.73 Å². The Labute approximate surface area is 92.7 Å². The molecule has 0 aliphatic rings. The van der Waals surface area contributed by atoms with Crippen LogP contribution in [-0.2, 0) is 6.54 Å². The van der Waals surface area contributed by atoms with Crippen molar-refractivity contribution < 1.29 is 0 Å². The molecule has 0 radical (unpaired) electrons. The summed E-state index contributed by atoms with van der Waals surface area (Å²) in [6, 6.07) is 5.26. The highest BCUT2D eigenvalue weighted by atomic mass is 35.5. The van der Waals surface area contributed by atoms with Gasteiger partial charge in [-0.15, -0.1) is 0 Å². The number of hydrogen-bond acceptors (Lipinski definition) is 3. The second-order valence-electron chi connectivity index (χ2n) is 3.17. The molecule has 0 amide bonds. The van der Waals surface area contributed by atoms with Gasteiger partial charge in [0.25, 0.3) is 0 Å². The normalized spacial score (nSPS) is 10.5. The van der Waals surface area contributed by atoms with Gasteiger partial charge in [-0.05, 0) is 25.1 Å². The highest BCUT2D eigenvalue weighted by Gasteiger charge is 2.05. The monoisotopic (exact) mass is 222 g/mol. The standard InChI is InChI=1S/C10H11ClN4/c1-2-15-4-3-8(14-15)9-5-7(12)6-10(11)13-9/h3-6H,2H2,1H3,(H2,12,13). The average Bonchev–Trinajstić information content (AvgIpc) is 2.64. The first-order valence-electron chi connectivity index (χ1n) is 4.66. The fraction of sp³-hybridized carbons (Fsp3) is 0.200. The first-order chi connectivity index (χ1) is 7.19. The van der Waals surface area contributed by atoms with Gasteiger partial charge in [0.2, 0.25) is 0 Å². The molecule has 0 aliphatic carbocycles. The molecule has 5 heteroatoms. The fourth-order valence-electron chi connectivity index (χ4n) is 1.32. The quantitative estimate of drug-likeness (QED) is 0.793. The number of aromatic nitrogens is 3. The van der Waals surface area contributed by atoms with Crippen molar-refractivity contribution in [2.75, 3.05) is 5.73 Å². The molecule has 4 nitrogen and oxygen atoms in total. The Kier molecular flexibility index (Phi) is 2.60. The van der Waals surface area contributed by atoms with E-state index in [0.717, 1.165) is 12.2 Å². The second-order valence-corrected chi connectivity index (χ2v) is 3.55. The minimum Gasteiger partial charge on any atom is -0.399 e. The number of pyridine rings is 1. The lowest BCUT2D eigenvalue weighted by Gasteiger charge is -1.99. The molecule has 0 atom stereocenters. The van der Waals surface area contributed by atoms with Crippen LogP contribution in [0.1, 0.15) is 6.92 Å². The minimum atomic E-state index is 0.385. The Morgan fingerprint density at radius 2 is 2.20 bits per heavy atom. The van der Waals surface area contributed by atoms with Gasteiger partial charge in [-0.3, -0.25) is 4.68 Å². The molecule has 0 aromatic carbocycles. The van der Waals surface area contributed by atoms with Crippen LogP contribution in [0.3, 0.4) is 0 Å². The summed E-state index contributed by atoms with van der Waals surface area (Å²) >= 11 is 5.82. The maximum Gasteiger partial charge on any atom is 0.131 e. The molecular weight excluding hydrogens is 212 g/mol. The molecule has 2 N–H and O–H groups in total. The van der Waals surface area contributed by atoms with Gasteiger partial charge in [0, 0.05) is 18.4 Å². The zero-order valence-electron chi connectivity index (χ0n) is 8.31. The van der Waals surface area contributed by atoms with Crippen LogP contribution < -0.4 is 5.73 Å². The molecule has 2 rings (SSSR count). The SMILES string of the molecule is CCn1ccc(-c2cc(N)cc(Cl)n2)n1. The molecule has 0 saturated carbocycles. The summed E-state index contributed by atoms with van der Waals surface area (Å²) < 4.78 is 1.83. The van der Waals surface area contributed by atoms with Gasteiger partial charge in [-0.25, -0.2) is 4.98 Å². The highest BCUT2D eigenvalue weighted by Crippen LogP contribution is 2.20. The lowest BCUT2D eigenvalue weighted by atomic mass is 10.2. The number of halogens is 1. The third-order valence-corrected chi connectivity index (χ3v) is 2.24. The van der Waals surface area contributed by atoms with E-state index in [1.165, 1.54) is 0 Å². The Morgan fingerprint density at radius 1 is 1.40 bits per heavy atom. The summed E-state index contributed by atoms with van der Waals surface area (Å²) in [4.78, 5) is 4.16. The highest BCUT2D eigenvalue weighted by molar-refractivity contribution is 6.29. The van der Waals surface area contributed by atoms with Crippen molar-refractivity contribution >= 4 is 17.3 Å². The van der Waals surface area contributed by atoms with E-state index in [1.807, 2.05) is 23.9 Å². The third kappa shape index (κ3) is 2.10. The predicted molar refractivity (Wildman–Crippen MR) is 60.6 cm³/mol. The number of anilines is 1. The van der Waals surface area contributed by atoms with E-state index in [4.69, 9.17) is 17.3 Å². The number of nitrogens with zero attached hydrogens (tertiary/aromatic N) is 3. The fourth-order valence-corrected chi connectivity index (χ4v) is 1.54. The van der Waals surface area contributed by atoms with Crippen molar-refractivity contribution in [1.82, 2.24) is 14.8 Å². The Balaban J connectivity index is 2.44. The Hall–Kier alpha value is -1.55. The summed E-state index contributed by atoms with van der Waals surface area (Å²) in [6.45, 7) is 2.85. The lowest BCUT2D eigenvalue weighted by Crippen LogP contribution is -1.95. The molecule has 0 saturated heterocycles. The van der Waals surface area contributed by atoms with E-state index in [1.54, 1.807) is 12.1 Å². The van der Waals surface area contributed by atoms with Crippen molar-refractivity contribution in [2.24, 2.45) is 0 Å². The van der Waals surface area contributed by atoms with Crippen molar-refractivity contribution in [1.29, 1.82) is 0 Å². The Bertz CT molecular complexity index is 458. The third-order valence-electron chi connectivity index (χ3n) is 2.04. The zero-order valence-corrected chi connectivity index (χ0v) is 9.07. The van der Waals surface area contributed by atoms with Crippen molar-refractivity contribution in [3.63, 3.8) is 0 Å². The predicted octanol–water partition coefficient (Wildman–Crippen LogP) is 2.20. The number of nitrogen functional groups attached to an aromatic ring is 1. The van der Waals surface area contributed by atoms with Crippen LogP contribution >= 0.6 is 11.6 Å².